The Balaban J connectivity index is 1.94. The van der Waals surface area contributed by atoms with Gasteiger partial charge < -0.3 is 10.2 Å². The molecule has 2 rings (SSSR count). The highest BCUT2D eigenvalue weighted by molar-refractivity contribution is 14.1. The van der Waals surface area contributed by atoms with Crippen LogP contribution in [0, 0.1) is 3.57 Å². The zero-order chi connectivity index (χ0) is 9.97. The SMILES string of the molecule is CN1CCC(Nc2ccc(I)cc2)C1. The third-order valence-corrected chi connectivity index (χ3v) is 3.33. The van der Waals surface area contributed by atoms with Crippen molar-refractivity contribution in [2.24, 2.45) is 0 Å². The van der Waals surface area contributed by atoms with Gasteiger partial charge in [0.1, 0.15) is 0 Å². The van der Waals surface area contributed by atoms with Gasteiger partial charge in [-0.15, -0.1) is 0 Å². The Kier molecular flexibility index (Phi) is 3.28. The number of halogens is 1. The van der Waals surface area contributed by atoms with Gasteiger partial charge in [0, 0.05) is 21.8 Å². The van der Waals surface area contributed by atoms with E-state index in [0.717, 1.165) is 6.54 Å². The van der Waals surface area contributed by atoms with Crippen LogP contribution < -0.4 is 5.32 Å². The molecule has 76 valence electrons. The number of hydrogen-bond donors (Lipinski definition) is 1. The van der Waals surface area contributed by atoms with E-state index in [-0.39, 0.29) is 0 Å². The molecule has 1 aliphatic heterocycles. The number of nitrogens with zero attached hydrogens (tertiary/aromatic N) is 1. The van der Waals surface area contributed by atoms with Gasteiger partial charge in [0.25, 0.3) is 0 Å². The molecule has 14 heavy (non-hydrogen) atoms. The van der Waals surface area contributed by atoms with Crippen molar-refractivity contribution in [1.29, 1.82) is 0 Å². The van der Waals surface area contributed by atoms with Gasteiger partial charge in [0.05, 0.1) is 0 Å². The molecule has 1 aliphatic rings. The molecule has 1 fully saturated rings. The number of benzene rings is 1. The van der Waals surface area contributed by atoms with Gasteiger partial charge >= 0.3 is 0 Å². The van der Waals surface area contributed by atoms with E-state index in [0.29, 0.717) is 6.04 Å². The molecule has 1 atom stereocenters. The smallest absolute Gasteiger partial charge is 0.0400 e. The molecule has 1 saturated heterocycles. The molecule has 1 aromatic rings. The van der Waals surface area contributed by atoms with Gasteiger partial charge in [0.15, 0.2) is 0 Å². The van der Waals surface area contributed by atoms with Crippen molar-refractivity contribution >= 4 is 28.3 Å². The molecule has 0 spiro atoms. The van der Waals surface area contributed by atoms with E-state index in [1.165, 1.54) is 22.2 Å². The second kappa shape index (κ2) is 4.49. The van der Waals surface area contributed by atoms with Crippen molar-refractivity contribution in [3.05, 3.63) is 27.8 Å². The molecule has 2 nitrogen and oxygen atoms in total. The number of hydrogen-bond acceptors (Lipinski definition) is 2. The van der Waals surface area contributed by atoms with E-state index in [1.54, 1.807) is 0 Å². The van der Waals surface area contributed by atoms with Crippen molar-refractivity contribution in [2.75, 3.05) is 25.5 Å². The molecule has 0 aliphatic carbocycles. The van der Waals surface area contributed by atoms with Gasteiger partial charge in [-0.3, -0.25) is 0 Å². The van der Waals surface area contributed by atoms with E-state index < -0.39 is 0 Å². The number of likely N-dealkylation sites (tertiary alicyclic amines) is 1. The first-order valence-electron chi connectivity index (χ1n) is 4.95. The summed E-state index contributed by atoms with van der Waals surface area (Å²) in [6.45, 7) is 2.37. The van der Waals surface area contributed by atoms with E-state index in [1.807, 2.05) is 0 Å². The topological polar surface area (TPSA) is 15.3 Å². The second-order valence-corrected chi connectivity index (χ2v) is 5.14. The molecule has 1 N–H and O–H groups in total. The average molecular weight is 302 g/mol. The van der Waals surface area contributed by atoms with Crippen LogP contribution in [0.15, 0.2) is 24.3 Å². The number of likely N-dealkylation sites (N-methyl/N-ethyl adjacent to an activating group) is 1. The summed E-state index contributed by atoms with van der Waals surface area (Å²) in [5.74, 6) is 0. The molecule has 0 aromatic heterocycles. The van der Waals surface area contributed by atoms with Gasteiger partial charge in [-0.05, 0) is 66.9 Å². The van der Waals surface area contributed by atoms with Crippen LogP contribution in [0.5, 0.6) is 0 Å². The monoisotopic (exact) mass is 302 g/mol. The van der Waals surface area contributed by atoms with Gasteiger partial charge in [-0.1, -0.05) is 0 Å². The lowest BCUT2D eigenvalue weighted by atomic mass is 10.2. The van der Waals surface area contributed by atoms with Crippen molar-refractivity contribution in [3.63, 3.8) is 0 Å². The maximum Gasteiger partial charge on any atom is 0.0400 e. The fraction of sp³-hybridized carbons (Fsp3) is 0.455. The van der Waals surface area contributed by atoms with Crippen LogP contribution in [0.3, 0.4) is 0 Å². The first-order chi connectivity index (χ1) is 6.74. The summed E-state index contributed by atoms with van der Waals surface area (Å²) in [4.78, 5) is 2.37. The Morgan fingerprint density at radius 3 is 2.64 bits per heavy atom. The Bertz CT molecular complexity index is 297. The Morgan fingerprint density at radius 1 is 1.36 bits per heavy atom. The maximum atomic E-state index is 3.55. The highest BCUT2D eigenvalue weighted by Crippen LogP contribution is 2.16. The summed E-state index contributed by atoms with van der Waals surface area (Å²) in [7, 11) is 2.18. The normalized spacial score (nSPS) is 22.6. The first kappa shape index (κ1) is 10.2. The van der Waals surface area contributed by atoms with E-state index >= 15 is 0 Å². The number of nitrogens with one attached hydrogen (secondary N) is 1. The molecule has 1 unspecified atom stereocenters. The third-order valence-electron chi connectivity index (χ3n) is 2.61. The summed E-state index contributed by atoms with van der Waals surface area (Å²) in [6.07, 6.45) is 1.25. The summed E-state index contributed by atoms with van der Waals surface area (Å²) in [5, 5.41) is 3.55. The Morgan fingerprint density at radius 2 is 2.07 bits per heavy atom. The lowest BCUT2D eigenvalue weighted by molar-refractivity contribution is 0.414. The van der Waals surface area contributed by atoms with Crippen LogP contribution in [0.1, 0.15) is 6.42 Å². The van der Waals surface area contributed by atoms with Crippen LogP contribution in [0.25, 0.3) is 0 Å². The molecule has 0 bridgehead atoms. The summed E-state index contributed by atoms with van der Waals surface area (Å²) in [6, 6.07) is 9.21. The molecular formula is C11H15IN2. The lowest BCUT2D eigenvalue weighted by Gasteiger charge is -2.14. The van der Waals surface area contributed by atoms with E-state index in [2.05, 4.69) is 64.1 Å². The van der Waals surface area contributed by atoms with Crippen molar-refractivity contribution in [1.82, 2.24) is 4.90 Å². The van der Waals surface area contributed by atoms with Gasteiger partial charge in [-0.2, -0.15) is 0 Å². The average Bonchev–Trinajstić information content (AvgIpc) is 2.56. The van der Waals surface area contributed by atoms with Crippen LogP contribution in [-0.2, 0) is 0 Å². The quantitative estimate of drug-likeness (QED) is 0.844. The van der Waals surface area contributed by atoms with Crippen molar-refractivity contribution in [2.45, 2.75) is 12.5 Å². The van der Waals surface area contributed by atoms with E-state index in [4.69, 9.17) is 0 Å². The summed E-state index contributed by atoms with van der Waals surface area (Å²) < 4.78 is 1.29. The minimum atomic E-state index is 0.625. The molecular weight excluding hydrogens is 287 g/mol. The largest absolute Gasteiger partial charge is 0.381 e. The van der Waals surface area contributed by atoms with Gasteiger partial charge in [0.2, 0.25) is 0 Å². The lowest BCUT2D eigenvalue weighted by Crippen LogP contribution is -2.23. The highest BCUT2D eigenvalue weighted by atomic mass is 127. The van der Waals surface area contributed by atoms with Crippen LogP contribution in [0.2, 0.25) is 0 Å². The fourth-order valence-electron chi connectivity index (χ4n) is 1.83. The zero-order valence-corrected chi connectivity index (χ0v) is 10.5. The summed E-state index contributed by atoms with van der Waals surface area (Å²) in [5.41, 5.74) is 1.24. The molecule has 1 heterocycles. The first-order valence-corrected chi connectivity index (χ1v) is 6.02. The molecule has 0 saturated carbocycles. The van der Waals surface area contributed by atoms with E-state index in [9.17, 15) is 0 Å². The molecule has 0 radical (unpaired) electrons. The Labute approximate surface area is 98.8 Å². The maximum absolute atomic E-state index is 3.55. The predicted molar refractivity (Wildman–Crippen MR) is 68.7 cm³/mol. The predicted octanol–water partition coefficient (Wildman–Crippen LogP) is 2.41. The Hall–Kier alpha value is -0.290. The van der Waals surface area contributed by atoms with Crippen LogP contribution >= 0.6 is 22.6 Å². The van der Waals surface area contributed by atoms with Crippen molar-refractivity contribution in [3.8, 4) is 0 Å². The zero-order valence-electron chi connectivity index (χ0n) is 8.33. The standard InChI is InChI=1S/C11H15IN2/c1-14-7-6-11(8-14)13-10-4-2-9(12)3-5-10/h2-5,11,13H,6-8H2,1H3. The van der Waals surface area contributed by atoms with Crippen LogP contribution in [-0.4, -0.2) is 31.1 Å². The minimum absolute atomic E-state index is 0.625. The highest BCUT2D eigenvalue weighted by Gasteiger charge is 2.18. The number of anilines is 1. The molecule has 1 aromatic carbocycles. The van der Waals surface area contributed by atoms with Gasteiger partial charge in [-0.25, -0.2) is 0 Å². The molecule has 3 heteroatoms. The minimum Gasteiger partial charge on any atom is -0.381 e. The third kappa shape index (κ3) is 2.60. The fourth-order valence-corrected chi connectivity index (χ4v) is 2.19. The second-order valence-electron chi connectivity index (χ2n) is 3.90. The molecule has 0 amide bonds. The number of rotatable bonds is 2. The van der Waals surface area contributed by atoms with Crippen LogP contribution in [0.4, 0.5) is 5.69 Å². The van der Waals surface area contributed by atoms with Crippen molar-refractivity contribution < 1.29 is 0 Å². The summed E-state index contributed by atoms with van der Waals surface area (Å²) >= 11 is 2.33.